The summed E-state index contributed by atoms with van der Waals surface area (Å²) in [5.74, 6) is 1.61. The summed E-state index contributed by atoms with van der Waals surface area (Å²) in [7, 11) is 0. The average Bonchev–Trinajstić information content (AvgIpc) is 3.46. The first-order chi connectivity index (χ1) is 23.3. The minimum absolute atomic E-state index is 1.22. The molecular weight excluding hydrogens is 569 g/mol. The number of rotatable bonds is 39. The summed E-state index contributed by atoms with van der Waals surface area (Å²) < 4.78 is 5.23. The summed E-state index contributed by atoms with van der Waals surface area (Å²) in [4.78, 5) is 0. The molecule has 0 atom stereocenters. The fourth-order valence-corrected chi connectivity index (χ4v) is 7.56. The Morgan fingerprint density at radius 2 is 0.660 bits per heavy atom. The second kappa shape index (κ2) is 36.5. The van der Waals surface area contributed by atoms with Gasteiger partial charge in [0.05, 0.1) is 13.1 Å². The zero-order valence-corrected chi connectivity index (χ0v) is 33.1. The minimum Gasteiger partial charge on any atom is -0.234 e. The lowest BCUT2D eigenvalue weighted by atomic mass is 10.0. The molecule has 2 nitrogen and oxygen atoms in total. The van der Waals surface area contributed by atoms with Gasteiger partial charge in [0.2, 0.25) is 0 Å². The number of aromatic nitrogens is 2. The Morgan fingerprint density at radius 1 is 0.362 bits per heavy atom. The van der Waals surface area contributed by atoms with Crippen molar-refractivity contribution in [3.63, 3.8) is 0 Å². The number of aryl methyl sites for hydroxylation is 2. The van der Waals surface area contributed by atoms with Gasteiger partial charge < -0.3 is 0 Å². The maximum Gasteiger partial charge on any atom is 0.256 e. The van der Waals surface area contributed by atoms with Gasteiger partial charge in [0.25, 0.3) is 5.82 Å². The molecule has 0 spiro atoms. The van der Waals surface area contributed by atoms with Gasteiger partial charge in [0, 0.05) is 6.42 Å². The molecule has 0 saturated heterocycles. The van der Waals surface area contributed by atoms with Gasteiger partial charge in [-0.15, -0.1) is 0 Å². The fourth-order valence-electron chi connectivity index (χ4n) is 7.56. The summed E-state index contributed by atoms with van der Waals surface area (Å²) in [6, 6.07) is 0. The number of hydrogen-bond donors (Lipinski definition) is 0. The Balaban J connectivity index is 2.07. The van der Waals surface area contributed by atoms with Crippen LogP contribution in [0.2, 0.25) is 0 Å². The summed E-state index contributed by atoms with van der Waals surface area (Å²) in [6.45, 7) is 9.39. The quantitative estimate of drug-likeness (QED) is 0.0492. The van der Waals surface area contributed by atoms with Gasteiger partial charge >= 0.3 is 0 Å². The van der Waals surface area contributed by atoms with Crippen molar-refractivity contribution in [2.24, 2.45) is 0 Å². The smallest absolute Gasteiger partial charge is 0.234 e. The maximum atomic E-state index is 2.63. The monoisotopic (exact) mass is 658 g/mol. The Hall–Kier alpha value is -0.790. The summed E-state index contributed by atoms with van der Waals surface area (Å²) >= 11 is 0. The Bertz CT molecular complexity index is 722. The molecule has 0 saturated carbocycles. The Morgan fingerprint density at radius 3 is 1.02 bits per heavy atom. The molecule has 1 heterocycles. The van der Waals surface area contributed by atoms with Gasteiger partial charge in [-0.3, -0.25) is 0 Å². The van der Waals surface area contributed by atoms with Crippen LogP contribution in [0.15, 0.2) is 12.4 Å². The predicted octanol–water partition coefficient (Wildman–Crippen LogP) is 15.4. The second-order valence-corrected chi connectivity index (χ2v) is 15.5. The molecule has 1 aromatic rings. The van der Waals surface area contributed by atoms with Gasteiger partial charge in [-0.2, -0.15) is 0 Å². The highest BCUT2D eigenvalue weighted by Crippen LogP contribution is 2.16. The van der Waals surface area contributed by atoms with Crippen LogP contribution >= 0.6 is 0 Å². The molecule has 0 aliphatic heterocycles. The van der Waals surface area contributed by atoms with E-state index in [0.29, 0.717) is 0 Å². The number of hydrogen-bond acceptors (Lipinski definition) is 0. The topological polar surface area (TPSA) is 8.81 Å². The zero-order chi connectivity index (χ0) is 33.7. The maximum absolute atomic E-state index is 2.63. The molecule has 0 amide bonds. The van der Waals surface area contributed by atoms with Crippen molar-refractivity contribution in [2.45, 2.75) is 271 Å². The van der Waals surface area contributed by atoms with E-state index in [0.717, 1.165) is 0 Å². The van der Waals surface area contributed by atoms with Crippen molar-refractivity contribution in [3.05, 3.63) is 18.2 Å². The molecule has 0 aliphatic rings. The van der Waals surface area contributed by atoms with Crippen LogP contribution in [-0.2, 0) is 19.5 Å². The lowest BCUT2D eigenvalue weighted by molar-refractivity contribution is -0.704. The second-order valence-electron chi connectivity index (χ2n) is 15.5. The van der Waals surface area contributed by atoms with Gasteiger partial charge in [0.15, 0.2) is 0 Å². The van der Waals surface area contributed by atoms with Crippen LogP contribution in [0.25, 0.3) is 0 Å². The molecule has 0 aromatic carbocycles. The van der Waals surface area contributed by atoms with Gasteiger partial charge in [0.1, 0.15) is 12.4 Å². The van der Waals surface area contributed by atoms with Crippen LogP contribution in [-0.4, -0.2) is 4.57 Å². The lowest BCUT2D eigenvalue weighted by Gasteiger charge is -2.07. The largest absolute Gasteiger partial charge is 0.256 e. The zero-order valence-electron chi connectivity index (χ0n) is 33.1. The first kappa shape index (κ1) is 44.2. The highest BCUT2D eigenvalue weighted by atomic mass is 15.1. The van der Waals surface area contributed by atoms with Crippen LogP contribution in [0, 0.1) is 0 Å². The standard InChI is InChI=1S/C45H89N2/c1-4-7-10-12-14-16-18-20-22-24-25-27-29-31-33-35-37-40-45-46(41-38-9-6-3)43-44-47(45)42-39-36-34-32-30-28-26-23-21-19-17-15-13-11-8-5-2/h43-44H,4-42H2,1-3H3/q+1. The summed E-state index contributed by atoms with van der Waals surface area (Å²) in [5, 5.41) is 0. The lowest BCUT2D eigenvalue weighted by Crippen LogP contribution is -2.37. The highest BCUT2D eigenvalue weighted by molar-refractivity contribution is 4.84. The molecule has 0 unspecified atom stereocenters. The summed E-state index contributed by atoms with van der Waals surface area (Å²) in [5.41, 5.74) is 0. The molecule has 0 fully saturated rings. The first-order valence-electron chi connectivity index (χ1n) is 22.4. The van der Waals surface area contributed by atoms with E-state index < -0.39 is 0 Å². The van der Waals surface area contributed by atoms with Crippen molar-refractivity contribution in [1.29, 1.82) is 0 Å². The number of imidazole rings is 1. The van der Waals surface area contributed by atoms with Gasteiger partial charge in [-0.05, 0) is 32.1 Å². The molecule has 47 heavy (non-hydrogen) atoms. The van der Waals surface area contributed by atoms with E-state index in [4.69, 9.17) is 0 Å². The molecular formula is C45H89N2+. The predicted molar refractivity (Wildman–Crippen MR) is 212 cm³/mol. The van der Waals surface area contributed by atoms with Crippen molar-refractivity contribution in [2.75, 3.05) is 0 Å². The van der Waals surface area contributed by atoms with Crippen molar-refractivity contribution < 1.29 is 4.57 Å². The number of nitrogens with zero attached hydrogens (tertiary/aromatic N) is 2. The molecule has 1 aromatic heterocycles. The van der Waals surface area contributed by atoms with E-state index in [2.05, 4.69) is 42.3 Å². The minimum atomic E-state index is 1.22. The molecule has 0 radical (unpaired) electrons. The van der Waals surface area contributed by atoms with E-state index >= 15 is 0 Å². The third kappa shape index (κ3) is 28.7. The van der Waals surface area contributed by atoms with Gasteiger partial charge in [-0.1, -0.05) is 220 Å². The molecule has 0 N–H and O–H groups in total. The van der Waals surface area contributed by atoms with E-state index in [9.17, 15) is 0 Å². The molecule has 278 valence electrons. The third-order valence-corrected chi connectivity index (χ3v) is 10.8. The van der Waals surface area contributed by atoms with E-state index in [1.54, 1.807) is 5.82 Å². The van der Waals surface area contributed by atoms with Crippen molar-refractivity contribution in [3.8, 4) is 0 Å². The van der Waals surface area contributed by atoms with E-state index in [-0.39, 0.29) is 0 Å². The fraction of sp³-hybridized carbons (Fsp3) is 0.933. The molecule has 0 bridgehead atoms. The summed E-state index contributed by atoms with van der Waals surface area (Å²) in [6.07, 6.45) is 57.9. The van der Waals surface area contributed by atoms with Crippen LogP contribution < -0.4 is 4.57 Å². The van der Waals surface area contributed by atoms with E-state index in [1.807, 2.05) is 0 Å². The van der Waals surface area contributed by atoms with Crippen molar-refractivity contribution >= 4 is 0 Å². The van der Waals surface area contributed by atoms with Gasteiger partial charge in [-0.25, -0.2) is 9.13 Å². The van der Waals surface area contributed by atoms with Crippen molar-refractivity contribution in [1.82, 2.24) is 4.57 Å². The molecule has 1 rings (SSSR count). The molecule has 2 heteroatoms. The third-order valence-electron chi connectivity index (χ3n) is 10.8. The first-order valence-corrected chi connectivity index (χ1v) is 22.4. The van der Waals surface area contributed by atoms with Crippen LogP contribution in [0.3, 0.4) is 0 Å². The van der Waals surface area contributed by atoms with Crippen LogP contribution in [0.5, 0.6) is 0 Å². The molecule has 0 aliphatic carbocycles. The average molecular weight is 658 g/mol. The van der Waals surface area contributed by atoms with Crippen LogP contribution in [0.4, 0.5) is 0 Å². The van der Waals surface area contributed by atoms with E-state index in [1.165, 1.54) is 251 Å². The Labute approximate surface area is 298 Å². The normalized spacial score (nSPS) is 11.6. The Kier molecular flexibility index (Phi) is 34.3. The SMILES string of the molecule is CCCCCCCCCCCCCCCCCCCc1n(CCCCCCCCCCCCCCCCCC)cc[n+]1CCCCC. The number of unbranched alkanes of at least 4 members (excludes halogenated alkanes) is 33. The highest BCUT2D eigenvalue weighted by Gasteiger charge is 2.16. The van der Waals surface area contributed by atoms with Crippen LogP contribution in [0.1, 0.15) is 258 Å².